The fourth-order valence-electron chi connectivity index (χ4n) is 1.20. The molecule has 0 aliphatic rings. The second-order valence-corrected chi connectivity index (χ2v) is 4.96. The Hall–Kier alpha value is -0.650. The van der Waals surface area contributed by atoms with Gasteiger partial charge in [-0.1, -0.05) is 6.92 Å². The highest BCUT2D eigenvalue weighted by Crippen LogP contribution is 2.08. The van der Waals surface area contributed by atoms with Gasteiger partial charge in [-0.2, -0.15) is 0 Å². The van der Waals surface area contributed by atoms with Gasteiger partial charge in [-0.05, 0) is 33.6 Å². The van der Waals surface area contributed by atoms with Gasteiger partial charge in [0.05, 0.1) is 0 Å². The summed E-state index contributed by atoms with van der Waals surface area (Å²) in [5.74, 6) is 5.32. The lowest BCUT2D eigenvalue weighted by Gasteiger charge is -2.23. The van der Waals surface area contributed by atoms with Crippen molar-refractivity contribution in [3.05, 3.63) is 0 Å². The summed E-state index contributed by atoms with van der Waals surface area (Å²) < 4.78 is 5.17. The number of hydrazine groups is 1. The number of hydrogen-bond donors (Lipinski definition) is 2. The predicted molar refractivity (Wildman–Crippen MR) is 64.5 cm³/mol. The number of carbonyl (C=O) groups is 1. The van der Waals surface area contributed by atoms with Crippen molar-refractivity contribution < 1.29 is 9.53 Å². The largest absolute Gasteiger partial charge is 0.459 e. The molecule has 16 heavy (non-hydrogen) atoms. The van der Waals surface area contributed by atoms with Gasteiger partial charge in [0, 0.05) is 13.1 Å². The number of ether oxygens (including phenoxy) is 1. The highest BCUT2D eigenvalue weighted by atomic mass is 16.6. The number of nitrogens with two attached hydrogens (primary N) is 2. The van der Waals surface area contributed by atoms with E-state index in [0.29, 0.717) is 13.0 Å². The molecule has 0 saturated carbocycles. The van der Waals surface area contributed by atoms with Crippen molar-refractivity contribution in [1.82, 2.24) is 5.01 Å². The first-order valence-corrected chi connectivity index (χ1v) is 5.74. The standard InChI is InChI=1S/C11H25N3O2/c1-5-7-14(13)8-6-9(12)10(15)16-11(2,3)4/h9H,5-8,12-13H2,1-4H3. The third-order valence-corrected chi connectivity index (χ3v) is 1.95. The summed E-state index contributed by atoms with van der Waals surface area (Å²) in [6, 6.07) is -0.595. The lowest BCUT2D eigenvalue weighted by atomic mass is 10.1. The Labute approximate surface area is 98.1 Å². The molecule has 4 N–H and O–H groups in total. The Kier molecular flexibility index (Phi) is 6.55. The quantitative estimate of drug-likeness (QED) is 0.398. The first kappa shape index (κ1) is 15.3. The van der Waals surface area contributed by atoms with E-state index in [4.69, 9.17) is 16.3 Å². The van der Waals surface area contributed by atoms with E-state index in [1.165, 1.54) is 0 Å². The second kappa shape index (κ2) is 6.83. The molecule has 5 nitrogen and oxygen atoms in total. The topological polar surface area (TPSA) is 81.6 Å². The fraction of sp³-hybridized carbons (Fsp3) is 0.909. The number of rotatable bonds is 6. The summed E-state index contributed by atoms with van der Waals surface area (Å²) in [4.78, 5) is 11.5. The van der Waals surface area contributed by atoms with Gasteiger partial charge >= 0.3 is 5.97 Å². The van der Waals surface area contributed by atoms with Crippen molar-refractivity contribution >= 4 is 5.97 Å². The first-order chi connectivity index (χ1) is 7.26. The van der Waals surface area contributed by atoms with Gasteiger partial charge in [-0.15, -0.1) is 0 Å². The predicted octanol–water partition coefficient (Wildman–Crippen LogP) is 0.631. The van der Waals surface area contributed by atoms with Crippen molar-refractivity contribution in [2.75, 3.05) is 13.1 Å². The van der Waals surface area contributed by atoms with Crippen LogP contribution in [0.15, 0.2) is 0 Å². The van der Waals surface area contributed by atoms with Crippen molar-refractivity contribution in [2.24, 2.45) is 11.6 Å². The Morgan fingerprint density at radius 2 is 1.94 bits per heavy atom. The normalized spacial score (nSPS) is 13.9. The van der Waals surface area contributed by atoms with Crippen molar-refractivity contribution in [2.45, 2.75) is 52.2 Å². The summed E-state index contributed by atoms with van der Waals surface area (Å²) in [6.07, 6.45) is 1.50. The van der Waals surface area contributed by atoms with E-state index in [9.17, 15) is 4.79 Å². The molecule has 0 aromatic heterocycles. The monoisotopic (exact) mass is 231 g/mol. The maximum Gasteiger partial charge on any atom is 0.323 e. The number of hydrogen-bond acceptors (Lipinski definition) is 5. The zero-order chi connectivity index (χ0) is 12.8. The lowest BCUT2D eigenvalue weighted by molar-refractivity contribution is -0.156. The molecule has 0 aromatic rings. The minimum Gasteiger partial charge on any atom is -0.459 e. The Balaban J connectivity index is 3.88. The SMILES string of the molecule is CCCN(N)CCC(N)C(=O)OC(C)(C)C. The Bertz CT molecular complexity index is 214. The molecule has 0 heterocycles. The molecule has 0 fully saturated rings. The fourth-order valence-corrected chi connectivity index (χ4v) is 1.20. The minimum atomic E-state index is -0.595. The molecule has 1 unspecified atom stereocenters. The first-order valence-electron chi connectivity index (χ1n) is 5.74. The van der Waals surface area contributed by atoms with Crippen molar-refractivity contribution in [3.8, 4) is 0 Å². The smallest absolute Gasteiger partial charge is 0.323 e. The van der Waals surface area contributed by atoms with E-state index < -0.39 is 11.6 Å². The highest BCUT2D eigenvalue weighted by Gasteiger charge is 2.22. The van der Waals surface area contributed by atoms with Crippen LogP contribution in [0.1, 0.15) is 40.5 Å². The average molecular weight is 231 g/mol. The van der Waals surface area contributed by atoms with Crippen LogP contribution in [0.3, 0.4) is 0 Å². The van der Waals surface area contributed by atoms with E-state index in [1.807, 2.05) is 27.7 Å². The molecule has 0 aliphatic carbocycles. The minimum absolute atomic E-state index is 0.364. The van der Waals surface area contributed by atoms with E-state index in [1.54, 1.807) is 5.01 Å². The van der Waals surface area contributed by atoms with Crippen LogP contribution in [0.25, 0.3) is 0 Å². The average Bonchev–Trinajstić information content (AvgIpc) is 2.11. The van der Waals surface area contributed by atoms with Gasteiger partial charge in [-0.3, -0.25) is 10.6 Å². The van der Waals surface area contributed by atoms with Gasteiger partial charge in [0.2, 0.25) is 0 Å². The number of carbonyl (C=O) groups excluding carboxylic acids is 1. The van der Waals surface area contributed by atoms with Crippen LogP contribution in [0.2, 0.25) is 0 Å². The molecule has 5 heteroatoms. The van der Waals surface area contributed by atoms with Crippen LogP contribution < -0.4 is 11.6 Å². The molecule has 0 aromatic carbocycles. The van der Waals surface area contributed by atoms with Crippen LogP contribution in [-0.4, -0.2) is 35.7 Å². The van der Waals surface area contributed by atoms with E-state index in [0.717, 1.165) is 13.0 Å². The zero-order valence-corrected chi connectivity index (χ0v) is 10.8. The van der Waals surface area contributed by atoms with Crippen molar-refractivity contribution in [1.29, 1.82) is 0 Å². The van der Waals surface area contributed by atoms with Gasteiger partial charge in [0.25, 0.3) is 0 Å². The van der Waals surface area contributed by atoms with Crippen LogP contribution in [0.5, 0.6) is 0 Å². The number of nitrogens with zero attached hydrogens (tertiary/aromatic N) is 1. The molecule has 1 atom stereocenters. The summed E-state index contributed by atoms with van der Waals surface area (Å²) in [6.45, 7) is 8.93. The highest BCUT2D eigenvalue weighted by molar-refractivity contribution is 5.75. The molecule has 0 aliphatic heterocycles. The van der Waals surface area contributed by atoms with E-state index in [2.05, 4.69) is 0 Å². The van der Waals surface area contributed by atoms with Crippen LogP contribution in [-0.2, 0) is 9.53 Å². The molecule has 0 spiro atoms. The Morgan fingerprint density at radius 3 is 2.38 bits per heavy atom. The molecule has 0 bridgehead atoms. The molecule has 0 rings (SSSR count). The maximum absolute atomic E-state index is 11.5. The van der Waals surface area contributed by atoms with E-state index >= 15 is 0 Å². The van der Waals surface area contributed by atoms with Crippen molar-refractivity contribution in [3.63, 3.8) is 0 Å². The van der Waals surface area contributed by atoms with Gasteiger partial charge in [0.1, 0.15) is 11.6 Å². The maximum atomic E-state index is 11.5. The summed E-state index contributed by atoms with van der Waals surface area (Å²) in [5.41, 5.74) is 5.23. The number of esters is 1. The molecule has 96 valence electrons. The third kappa shape index (κ3) is 7.62. The van der Waals surface area contributed by atoms with Gasteiger partial charge in [0.15, 0.2) is 0 Å². The van der Waals surface area contributed by atoms with Gasteiger partial charge in [-0.25, -0.2) is 5.01 Å². The van der Waals surface area contributed by atoms with Crippen LogP contribution >= 0.6 is 0 Å². The van der Waals surface area contributed by atoms with Crippen LogP contribution in [0.4, 0.5) is 0 Å². The lowest BCUT2D eigenvalue weighted by Crippen LogP contribution is -2.41. The van der Waals surface area contributed by atoms with Crippen LogP contribution in [0, 0.1) is 0 Å². The zero-order valence-electron chi connectivity index (χ0n) is 10.8. The molecule has 0 saturated heterocycles. The molecule has 0 amide bonds. The van der Waals surface area contributed by atoms with E-state index in [-0.39, 0.29) is 5.97 Å². The molecular weight excluding hydrogens is 206 g/mol. The third-order valence-electron chi connectivity index (χ3n) is 1.95. The van der Waals surface area contributed by atoms with Gasteiger partial charge < -0.3 is 10.5 Å². The Morgan fingerprint density at radius 1 is 1.38 bits per heavy atom. The summed E-state index contributed by atoms with van der Waals surface area (Å²) in [5, 5.41) is 1.67. The molecular formula is C11H25N3O2. The summed E-state index contributed by atoms with van der Waals surface area (Å²) in [7, 11) is 0. The second-order valence-electron chi connectivity index (χ2n) is 4.96. The summed E-state index contributed by atoms with van der Waals surface area (Å²) >= 11 is 0. The molecule has 0 radical (unpaired) electrons.